The van der Waals surface area contributed by atoms with E-state index in [1.165, 1.54) is 19.2 Å². The van der Waals surface area contributed by atoms with Crippen molar-refractivity contribution in [1.29, 1.82) is 0 Å². The molecule has 5 N–H and O–H groups in total. The number of anilines is 2. The number of hydrogen-bond donors (Lipinski definition) is 4. The third kappa shape index (κ3) is 10.5. The molecule has 1 aromatic heterocycles. The van der Waals surface area contributed by atoms with E-state index in [4.69, 9.17) is 5.14 Å². The molecule has 0 fully saturated rings. The van der Waals surface area contributed by atoms with Crippen molar-refractivity contribution in [2.45, 2.75) is 40.3 Å². The van der Waals surface area contributed by atoms with E-state index in [1.807, 2.05) is 27.7 Å². The number of benzene rings is 1. The van der Waals surface area contributed by atoms with Crippen LogP contribution < -0.4 is 20.5 Å². The lowest BCUT2D eigenvalue weighted by molar-refractivity contribution is -0.137. The van der Waals surface area contributed by atoms with Gasteiger partial charge in [0.25, 0.3) is 10.2 Å². The molecule has 1 aromatic carbocycles. The molecule has 0 bridgehead atoms. The lowest BCUT2D eigenvalue weighted by Gasteiger charge is -2.11. The molecule has 2 aromatic rings. The zero-order chi connectivity index (χ0) is 24.8. The van der Waals surface area contributed by atoms with Crippen molar-refractivity contribution in [3.05, 3.63) is 35.5 Å². The number of aliphatic imine (C=N–C) groups is 1. The largest absolute Gasteiger partial charge is 0.416 e. The molecule has 0 atom stereocenters. The summed E-state index contributed by atoms with van der Waals surface area (Å²) in [4.78, 5) is 3.97. The van der Waals surface area contributed by atoms with E-state index in [2.05, 4.69) is 35.3 Å². The van der Waals surface area contributed by atoms with Gasteiger partial charge in [-0.15, -0.1) is 0 Å². The van der Waals surface area contributed by atoms with Crippen LogP contribution in [-0.2, 0) is 16.4 Å². The lowest BCUT2D eigenvalue weighted by atomic mass is 10.2. The molecule has 182 valence electrons. The summed E-state index contributed by atoms with van der Waals surface area (Å²) in [7, 11) is -2.35. The molecular weight excluding hydrogens is 451 g/mol. The first-order valence-corrected chi connectivity index (χ1v) is 11.4. The van der Waals surface area contributed by atoms with E-state index >= 15 is 0 Å². The zero-order valence-corrected chi connectivity index (χ0v) is 19.4. The van der Waals surface area contributed by atoms with Crippen LogP contribution in [0.1, 0.15) is 45.4 Å². The van der Waals surface area contributed by atoms with Gasteiger partial charge in [0, 0.05) is 25.8 Å². The first-order valence-electron chi connectivity index (χ1n) is 9.85. The highest BCUT2D eigenvalue weighted by molar-refractivity contribution is 7.87. The Morgan fingerprint density at radius 2 is 1.81 bits per heavy atom. The third-order valence-electron chi connectivity index (χ3n) is 3.34. The van der Waals surface area contributed by atoms with Crippen LogP contribution in [0.15, 0.2) is 33.9 Å². The molecule has 1 heterocycles. The second kappa shape index (κ2) is 14.4. The maximum atomic E-state index is 12.8. The average molecular weight is 482 g/mol. The Hall–Kier alpha value is -2.71. The number of amidine groups is 1. The summed E-state index contributed by atoms with van der Waals surface area (Å²) in [6.07, 6.45) is -4.10. The molecule has 14 heteroatoms. The standard InChI is InChI=1S/C14H18F3N7O3S.2C2H6/c1-19-12(22-10-5-2-4-9(8-10)14(15,16)17)11-13(24-27-23-11)20-6-3-7-21-28(18,25)26;2*1-2/h2,4-5,8,21H,3,6-7H2,1H3,(H,19,22)(H,20,24)(H2,18,25,26);2*1-2H3. The summed E-state index contributed by atoms with van der Waals surface area (Å²) < 4.78 is 66.9. The van der Waals surface area contributed by atoms with Crippen LogP contribution in [-0.4, -0.2) is 44.7 Å². The Balaban J connectivity index is 0.00000227. The molecule has 0 radical (unpaired) electrons. The van der Waals surface area contributed by atoms with E-state index in [-0.39, 0.29) is 29.6 Å². The maximum absolute atomic E-state index is 12.8. The highest BCUT2D eigenvalue weighted by Crippen LogP contribution is 2.30. The molecule has 10 nitrogen and oxygen atoms in total. The fraction of sp³-hybridized carbons (Fsp3) is 0.500. The van der Waals surface area contributed by atoms with Crippen molar-refractivity contribution < 1.29 is 26.2 Å². The van der Waals surface area contributed by atoms with E-state index in [0.717, 1.165) is 12.1 Å². The summed E-state index contributed by atoms with van der Waals surface area (Å²) in [5.74, 6) is 0.321. The summed E-state index contributed by atoms with van der Waals surface area (Å²) in [5.41, 5.74) is -0.506. The Morgan fingerprint density at radius 1 is 1.16 bits per heavy atom. The highest BCUT2D eigenvalue weighted by Gasteiger charge is 2.30. The van der Waals surface area contributed by atoms with Gasteiger partial charge >= 0.3 is 6.18 Å². The van der Waals surface area contributed by atoms with Gasteiger partial charge in [-0.05, 0) is 34.9 Å². The number of rotatable bonds is 8. The third-order valence-corrected chi connectivity index (χ3v) is 3.94. The fourth-order valence-electron chi connectivity index (χ4n) is 2.10. The van der Waals surface area contributed by atoms with Crippen LogP contribution in [0.3, 0.4) is 0 Å². The number of alkyl halides is 3. The van der Waals surface area contributed by atoms with Crippen molar-refractivity contribution in [2.24, 2.45) is 10.1 Å². The average Bonchev–Trinajstić information content (AvgIpc) is 3.22. The van der Waals surface area contributed by atoms with E-state index in [0.29, 0.717) is 13.0 Å². The second-order valence-electron chi connectivity index (χ2n) is 5.46. The van der Waals surface area contributed by atoms with Crippen molar-refractivity contribution in [1.82, 2.24) is 15.0 Å². The number of nitrogens with two attached hydrogens (primary N) is 1. The minimum Gasteiger partial charge on any atom is -0.365 e. The van der Waals surface area contributed by atoms with Crippen molar-refractivity contribution in [3.8, 4) is 0 Å². The fourth-order valence-corrected chi connectivity index (χ4v) is 2.53. The maximum Gasteiger partial charge on any atom is 0.416 e. The summed E-state index contributed by atoms with van der Waals surface area (Å²) in [6, 6.07) is 4.59. The molecule has 0 unspecified atom stereocenters. The Bertz CT molecular complexity index is 932. The van der Waals surface area contributed by atoms with Crippen LogP contribution >= 0.6 is 0 Å². The van der Waals surface area contributed by atoms with Gasteiger partial charge in [-0.25, -0.2) is 14.5 Å². The lowest BCUT2D eigenvalue weighted by Crippen LogP contribution is -2.32. The predicted molar refractivity (Wildman–Crippen MR) is 119 cm³/mol. The molecule has 0 saturated heterocycles. The topological polar surface area (TPSA) is 148 Å². The quantitative estimate of drug-likeness (QED) is 0.257. The van der Waals surface area contributed by atoms with Crippen LogP contribution in [0.25, 0.3) is 0 Å². The van der Waals surface area contributed by atoms with Crippen molar-refractivity contribution in [2.75, 3.05) is 30.8 Å². The van der Waals surface area contributed by atoms with E-state index < -0.39 is 21.9 Å². The number of aromatic nitrogens is 2. The van der Waals surface area contributed by atoms with E-state index in [9.17, 15) is 21.6 Å². The van der Waals surface area contributed by atoms with Gasteiger partial charge in [0.15, 0.2) is 11.5 Å². The summed E-state index contributed by atoms with van der Waals surface area (Å²) in [5, 5.41) is 17.8. The number of halogens is 3. The second-order valence-corrected chi connectivity index (χ2v) is 6.84. The van der Waals surface area contributed by atoms with Gasteiger partial charge in [-0.1, -0.05) is 33.8 Å². The van der Waals surface area contributed by atoms with Gasteiger partial charge in [0.05, 0.1) is 5.56 Å². The zero-order valence-electron chi connectivity index (χ0n) is 18.6. The normalized spacial score (nSPS) is 11.6. The van der Waals surface area contributed by atoms with Crippen molar-refractivity contribution >= 4 is 27.6 Å². The highest BCUT2D eigenvalue weighted by atomic mass is 32.2. The minimum absolute atomic E-state index is 0.101. The van der Waals surface area contributed by atoms with Crippen LogP contribution in [0.5, 0.6) is 0 Å². The smallest absolute Gasteiger partial charge is 0.365 e. The minimum atomic E-state index is -4.48. The first kappa shape index (κ1) is 29.3. The van der Waals surface area contributed by atoms with Gasteiger partial charge in [-0.2, -0.15) is 21.6 Å². The van der Waals surface area contributed by atoms with Crippen LogP contribution in [0, 0.1) is 0 Å². The molecule has 0 saturated carbocycles. The van der Waals surface area contributed by atoms with Gasteiger partial charge < -0.3 is 10.6 Å². The van der Waals surface area contributed by atoms with Gasteiger partial charge in [0.2, 0.25) is 5.82 Å². The molecule has 0 amide bonds. The van der Waals surface area contributed by atoms with E-state index in [1.54, 1.807) is 0 Å². The molecule has 0 aliphatic rings. The Morgan fingerprint density at radius 3 is 2.38 bits per heavy atom. The molecule has 0 aliphatic heterocycles. The van der Waals surface area contributed by atoms with Crippen molar-refractivity contribution in [3.63, 3.8) is 0 Å². The first-order chi connectivity index (χ1) is 15.1. The predicted octanol–water partition coefficient (Wildman–Crippen LogP) is 3.22. The molecule has 32 heavy (non-hydrogen) atoms. The molecule has 0 aliphatic carbocycles. The molecular formula is C18H30F3N7O3S. The Labute approximate surface area is 186 Å². The summed E-state index contributed by atoms with van der Waals surface area (Å²) in [6.45, 7) is 8.40. The summed E-state index contributed by atoms with van der Waals surface area (Å²) >= 11 is 0. The molecule has 2 rings (SSSR count). The Kier molecular flexibility index (Phi) is 13.2. The molecule has 0 spiro atoms. The van der Waals surface area contributed by atoms with Crippen LogP contribution in [0.4, 0.5) is 24.7 Å². The number of hydrogen-bond acceptors (Lipinski definition) is 7. The van der Waals surface area contributed by atoms with Gasteiger partial charge in [-0.3, -0.25) is 4.99 Å². The number of nitrogens with one attached hydrogen (secondary N) is 3. The monoisotopic (exact) mass is 481 g/mol. The van der Waals surface area contributed by atoms with Crippen LogP contribution in [0.2, 0.25) is 0 Å². The SMILES string of the molecule is CC.CC.CN=C(Nc1cccc(C(F)(F)F)c1)c1nonc1NCCCNS(N)(=O)=O. The van der Waals surface area contributed by atoms with Gasteiger partial charge in [0.1, 0.15) is 0 Å². The number of nitrogens with zero attached hydrogens (tertiary/aromatic N) is 3.